The fourth-order valence-corrected chi connectivity index (χ4v) is 3.79. The van der Waals surface area contributed by atoms with Gasteiger partial charge in [-0.05, 0) is 31.4 Å². The van der Waals surface area contributed by atoms with Gasteiger partial charge in [-0.25, -0.2) is 4.98 Å². The van der Waals surface area contributed by atoms with E-state index in [2.05, 4.69) is 22.9 Å². The summed E-state index contributed by atoms with van der Waals surface area (Å²) in [6.07, 6.45) is 1.10. The van der Waals surface area contributed by atoms with Crippen molar-refractivity contribution in [2.75, 3.05) is 23.8 Å². The Kier molecular flexibility index (Phi) is 3.11. The first kappa shape index (κ1) is 12.7. The van der Waals surface area contributed by atoms with Crippen LogP contribution in [0.25, 0.3) is 10.2 Å². The molecule has 3 rings (SSSR count). The topological polar surface area (TPSA) is 62.4 Å². The van der Waals surface area contributed by atoms with E-state index >= 15 is 0 Å². The van der Waals surface area contributed by atoms with Crippen molar-refractivity contribution in [3.8, 4) is 0 Å². The molecule has 5 heteroatoms. The minimum absolute atomic E-state index is 0.166. The zero-order valence-corrected chi connectivity index (χ0v) is 12.1. The smallest absolute Gasteiger partial charge is 0.0907 e. The van der Waals surface area contributed by atoms with Crippen molar-refractivity contribution >= 4 is 32.9 Å². The van der Waals surface area contributed by atoms with Crippen molar-refractivity contribution in [2.45, 2.75) is 26.3 Å². The van der Waals surface area contributed by atoms with E-state index in [1.807, 2.05) is 13.0 Å². The molecule has 1 saturated heterocycles. The molecule has 0 amide bonds. The third-order valence-electron chi connectivity index (χ3n) is 4.02. The van der Waals surface area contributed by atoms with Crippen molar-refractivity contribution in [3.63, 3.8) is 0 Å². The lowest BCUT2D eigenvalue weighted by molar-refractivity contribution is 0.245. The third-order valence-corrected chi connectivity index (χ3v) is 4.96. The second kappa shape index (κ2) is 4.65. The number of nitrogens with zero attached hydrogens (tertiary/aromatic N) is 2. The van der Waals surface area contributed by atoms with Crippen LogP contribution in [0.3, 0.4) is 0 Å². The summed E-state index contributed by atoms with van der Waals surface area (Å²) >= 11 is 1.67. The van der Waals surface area contributed by atoms with E-state index in [0.29, 0.717) is 5.92 Å². The van der Waals surface area contributed by atoms with Gasteiger partial charge in [-0.15, -0.1) is 11.3 Å². The maximum Gasteiger partial charge on any atom is 0.0907 e. The number of aryl methyl sites for hydroxylation is 1. The zero-order valence-electron chi connectivity index (χ0n) is 11.3. The van der Waals surface area contributed by atoms with Crippen LogP contribution in [0.1, 0.15) is 18.4 Å². The number of thiazole rings is 1. The van der Waals surface area contributed by atoms with E-state index in [9.17, 15) is 5.11 Å². The Morgan fingerprint density at radius 1 is 1.53 bits per heavy atom. The number of anilines is 2. The maximum atomic E-state index is 9.58. The Labute approximate surface area is 116 Å². The number of fused-ring (bicyclic) bond motifs is 1. The Morgan fingerprint density at radius 2 is 2.32 bits per heavy atom. The average Bonchev–Trinajstić information content (AvgIpc) is 2.89. The van der Waals surface area contributed by atoms with Gasteiger partial charge in [0.1, 0.15) is 0 Å². The molecule has 19 heavy (non-hydrogen) atoms. The molecule has 1 aliphatic rings. The lowest BCUT2D eigenvalue weighted by Gasteiger charge is -2.28. The van der Waals surface area contributed by atoms with Gasteiger partial charge in [0.05, 0.1) is 39.2 Å². The van der Waals surface area contributed by atoms with Crippen molar-refractivity contribution in [3.05, 3.63) is 17.1 Å². The predicted molar refractivity (Wildman–Crippen MR) is 80.8 cm³/mol. The number of aliphatic hydroxyl groups is 1. The second-order valence-electron chi connectivity index (χ2n) is 5.32. The summed E-state index contributed by atoms with van der Waals surface area (Å²) in [5, 5.41) is 10.6. The molecule has 102 valence electrons. The van der Waals surface area contributed by atoms with Crippen LogP contribution in [0.4, 0.5) is 11.4 Å². The number of nitrogens with two attached hydrogens (primary N) is 1. The summed E-state index contributed by atoms with van der Waals surface area (Å²) in [5.41, 5.74) is 8.99. The summed E-state index contributed by atoms with van der Waals surface area (Å²) in [4.78, 5) is 6.76. The van der Waals surface area contributed by atoms with E-state index < -0.39 is 0 Å². The van der Waals surface area contributed by atoms with E-state index in [0.717, 1.165) is 39.6 Å². The summed E-state index contributed by atoms with van der Waals surface area (Å²) < 4.78 is 1.13. The monoisotopic (exact) mass is 277 g/mol. The molecule has 0 spiro atoms. The molecule has 4 nitrogen and oxygen atoms in total. The molecule has 0 bridgehead atoms. The van der Waals surface area contributed by atoms with E-state index in [-0.39, 0.29) is 12.6 Å². The normalized spacial score (nSPS) is 23.4. The number of aliphatic hydroxyl groups excluding tert-OH is 1. The van der Waals surface area contributed by atoms with E-state index in [1.165, 1.54) is 0 Å². The molecule has 0 radical (unpaired) electrons. The maximum absolute atomic E-state index is 9.58. The average molecular weight is 277 g/mol. The van der Waals surface area contributed by atoms with Gasteiger partial charge in [0, 0.05) is 6.54 Å². The number of rotatable bonds is 2. The molecular weight excluding hydrogens is 258 g/mol. The predicted octanol–water partition coefficient (Wildman–Crippen LogP) is 2.39. The Morgan fingerprint density at radius 3 is 3.05 bits per heavy atom. The van der Waals surface area contributed by atoms with Crippen LogP contribution >= 0.6 is 11.3 Å². The number of benzene rings is 1. The van der Waals surface area contributed by atoms with Crippen molar-refractivity contribution in [1.29, 1.82) is 0 Å². The largest absolute Gasteiger partial charge is 0.397 e. The summed E-state index contributed by atoms with van der Waals surface area (Å²) in [5.74, 6) is 0.497. The minimum Gasteiger partial charge on any atom is -0.397 e. The number of nitrogen functional groups attached to an aromatic ring is 1. The van der Waals surface area contributed by atoms with Gasteiger partial charge >= 0.3 is 0 Å². The summed E-state index contributed by atoms with van der Waals surface area (Å²) in [6.45, 7) is 5.32. The first-order valence-corrected chi connectivity index (χ1v) is 7.46. The Hall–Kier alpha value is -1.33. The molecule has 3 N–H and O–H groups in total. The van der Waals surface area contributed by atoms with Crippen LogP contribution in [-0.2, 0) is 0 Å². The third kappa shape index (κ3) is 2.07. The first-order valence-electron chi connectivity index (χ1n) is 6.64. The molecule has 1 aromatic carbocycles. The number of hydrogen-bond acceptors (Lipinski definition) is 5. The fraction of sp³-hybridized carbons (Fsp3) is 0.500. The summed E-state index contributed by atoms with van der Waals surface area (Å²) in [7, 11) is 0. The van der Waals surface area contributed by atoms with Crippen LogP contribution < -0.4 is 10.6 Å². The van der Waals surface area contributed by atoms with E-state index in [4.69, 9.17) is 5.73 Å². The van der Waals surface area contributed by atoms with Gasteiger partial charge in [0.2, 0.25) is 0 Å². The molecule has 0 aliphatic carbocycles. The van der Waals surface area contributed by atoms with Crippen molar-refractivity contribution in [2.24, 2.45) is 5.92 Å². The highest BCUT2D eigenvalue weighted by Crippen LogP contribution is 2.37. The molecule has 0 saturated carbocycles. The van der Waals surface area contributed by atoms with Gasteiger partial charge in [-0.2, -0.15) is 0 Å². The van der Waals surface area contributed by atoms with Crippen LogP contribution in [0, 0.1) is 12.8 Å². The van der Waals surface area contributed by atoms with Gasteiger partial charge in [-0.1, -0.05) is 6.92 Å². The number of hydrogen-bond donors (Lipinski definition) is 2. The lowest BCUT2D eigenvalue weighted by Crippen LogP contribution is -2.35. The van der Waals surface area contributed by atoms with Gasteiger partial charge < -0.3 is 15.7 Å². The van der Waals surface area contributed by atoms with Gasteiger partial charge in [0.25, 0.3) is 0 Å². The first-order chi connectivity index (χ1) is 9.10. The number of aromatic nitrogens is 1. The minimum atomic E-state index is 0.166. The molecule has 2 heterocycles. The SMILES string of the molecule is Cc1nc2cc(N3CCC(C)C3CO)c(N)cc2s1. The molecule has 1 aromatic heterocycles. The van der Waals surface area contributed by atoms with Crippen LogP contribution in [0.5, 0.6) is 0 Å². The summed E-state index contributed by atoms with van der Waals surface area (Å²) in [6, 6.07) is 4.24. The molecule has 1 aliphatic heterocycles. The zero-order chi connectivity index (χ0) is 13.6. The molecule has 2 unspecified atom stereocenters. The Bertz CT molecular complexity index is 610. The molecule has 2 atom stereocenters. The van der Waals surface area contributed by atoms with Crippen molar-refractivity contribution < 1.29 is 5.11 Å². The quantitative estimate of drug-likeness (QED) is 0.827. The fourth-order valence-electron chi connectivity index (χ4n) is 2.93. The van der Waals surface area contributed by atoms with Crippen LogP contribution in [0.15, 0.2) is 12.1 Å². The highest BCUT2D eigenvalue weighted by Gasteiger charge is 2.31. The molecular formula is C14H19N3OS. The Balaban J connectivity index is 2.06. The van der Waals surface area contributed by atoms with Crippen molar-refractivity contribution in [1.82, 2.24) is 4.98 Å². The van der Waals surface area contributed by atoms with Crippen LogP contribution in [-0.4, -0.2) is 29.3 Å². The second-order valence-corrected chi connectivity index (χ2v) is 6.56. The van der Waals surface area contributed by atoms with Gasteiger partial charge in [-0.3, -0.25) is 0 Å². The standard InChI is InChI=1S/C14H19N3OS/c1-8-3-4-17(13(8)7-18)12-6-11-14(5-10(12)15)19-9(2)16-11/h5-6,8,13,18H,3-4,7,15H2,1-2H3. The van der Waals surface area contributed by atoms with Gasteiger partial charge in [0.15, 0.2) is 0 Å². The van der Waals surface area contributed by atoms with Crippen LogP contribution in [0.2, 0.25) is 0 Å². The highest BCUT2D eigenvalue weighted by molar-refractivity contribution is 7.18. The van der Waals surface area contributed by atoms with E-state index in [1.54, 1.807) is 11.3 Å². The molecule has 1 fully saturated rings. The highest BCUT2D eigenvalue weighted by atomic mass is 32.1. The molecule has 2 aromatic rings. The lowest BCUT2D eigenvalue weighted by atomic mass is 10.0.